The number of phenols is 1. The van der Waals surface area contributed by atoms with Crippen LogP contribution in [0, 0.1) is 0 Å². The van der Waals surface area contributed by atoms with Crippen molar-refractivity contribution in [1.82, 2.24) is 0 Å². The quantitative estimate of drug-likeness (QED) is 0.610. The molecule has 0 aliphatic carbocycles. The minimum absolute atomic E-state index is 0.0140. The van der Waals surface area contributed by atoms with E-state index in [9.17, 15) is 14.7 Å². The normalized spacial score (nSPS) is 10.8. The van der Waals surface area contributed by atoms with Crippen LogP contribution in [0.25, 0.3) is 22.3 Å². The lowest BCUT2D eigenvalue weighted by molar-refractivity contribution is -0.111. The maximum Gasteiger partial charge on any atom is 0.247 e. The number of amides is 1. The van der Waals surface area contributed by atoms with Crippen LogP contribution in [0.4, 0.5) is 5.69 Å². The van der Waals surface area contributed by atoms with Crippen LogP contribution in [0.3, 0.4) is 0 Å². The summed E-state index contributed by atoms with van der Waals surface area (Å²) in [5.41, 5.74) is 0.865. The van der Waals surface area contributed by atoms with Gasteiger partial charge in [-0.3, -0.25) is 9.59 Å². The third kappa shape index (κ3) is 4.08. The third-order valence-electron chi connectivity index (χ3n) is 4.10. The zero-order valence-electron chi connectivity index (χ0n) is 16.3. The van der Waals surface area contributed by atoms with Gasteiger partial charge in [0, 0.05) is 23.4 Å². The lowest BCUT2D eigenvalue weighted by atomic mass is 10.1. The zero-order valence-corrected chi connectivity index (χ0v) is 16.3. The number of aromatic hydroxyl groups is 1. The number of hydrogen-bond acceptors (Lipinski definition) is 6. The molecule has 0 aliphatic heterocycles. The number of methoxy groups -OCH3 is 1. The van der Waals surface area contributed by atoms with Crippen LogP contribution in [0.5, 0.6) is 17.2 Å². The van der Waals surface area contributed by atoms with Crippen molar-refractivity contribution in [2.45, 2.75) is 20.0 Å². The van der Waals surface area contributed by atoms with Crippen molar-refractivity contribution in [3.63, 3.8) is 0 Å². The largest absolute Gasteiger partial charge is 0.507 e. The minimum Gasteiger partial charge on any atom is -0.507 e. The Morgan fingerprint density at radius 3 is 2.52 bits per heavy atom. The summed E-state index contributed by atoms with van der Waals surface area (Å²) in [7, 11) is 1.44. The van der Waals surface area contributed by atoms with Crippen LogP contribution in [-0.2, 0) is 4.79 Å². The molecule has 1 heterocycles. The van der Waals surface area contributed by atoms with Gasteiger partial charge in [-0.1, -0.05) is 6.58 Å². The lowest BCUT2D eigenvalue weighted by Crippen LogP contribution is -2.09. The fourth-order valence-electron chi connectivity index (χ4n) is 2.82. The Hall–Kier alpha value is -3.74. The molecule has 2 aromatic carbocycles. The Balaban J connectivity index is 2.16. The van der Waals surface area contributed by atoms with Gasteiger partial charge < -0.3 is 24.3 Å². The van der Waals surface area contributed by atoms with E-state index in [0.29, 0.717) is 11.3 Å². The Labute approximate surface area is 167 Å². The maximum atomic E-state index is 12.7. The standard InChI is InChI=1S/C22H21NO6/c1-5-19(26)23-14-8-6-13(7-9-14)17-10-15(24)20-16(25)11-18(27-4)21(22(20)29-17)28-12(2)3/h5-12,25H,1H2,2-4H3,(H,23,26). The van der Waals surface area contributed by atoms with Crippen LogP contribution in [0.2, 0.25) is 0 Å². The molecule has 7 heteroatoms. The summed E-state index contributed by atoms with van der Waals surface area (Å²) in [6, 6.07) is 9.38. The van der Waals surface area contributed by atoms with Crippen LogP contribution in [-0.4, -0.2) is 24.2 Å². The van der Waals surface area contributed by atoms with Gasteiger partial charge >= 0.3 is 0 Å². The van der Waals surface area contributed by atoms with Gasteiger partial charge in [-0.05, 0) is 44.2 Å². The Bertz CT molecular complexity index is 1130. The fourth-order valence-corrected chi connectivity index (χ4v) is 2.82. The van der Waals surface area contributed by atoms with Crippen molar-refractivity contribution in [3.05, 3.63) is 59.3 Å². The second-order valence-corrected chi connectivity index (χ2v) is 6.54. The van der Waals surface area contributed by atoms with E-state index in [1.807, 2.05) is 13.8 Å². The Morgan fingerprint density at radius 1 is 1.24 bits per heavy atom. The molecule has 0 radical (unpaired) electrons. The Kier molecular flexibility index (Phi) is 5.59. The second kappa shape index (κ2) is 8.10. The monoisotopic (exact) mass is 395 g/mol. The van der Waals surface area contributed by atoms with Gasteiger partial charge in [0.25, 0.3) is 0 Å². The van der Waals surface area contributed by atoms with Crippen LogP contribution < -0.4 is 20.2 Å². The number of carbonyl (C=O) groups is 1. The summed E-state index contributed by atoms with van der Waals surface area (Å²) < 4.78 is 17.0. The molecule has 0 saturated carbocycles. The van der Waals surface area contributed by atoms with E-state index >= 15 is 0 Å². The summed E-state index contributed by atoms with van der Waals surface area (Å²) in [5.74, 6) is 0.199. The Morgan fingerprint density at radius 2 is 1.93 bits per heavy atom. The maximum absolute atomic E-state index is 12.7. The van der Waals surface area contributed by atoms with Crippen LogP contribution in [0.15, 0.2) is 58.3 Å². The first-order valence-electron chi connectivity index (χ1n) is 8.92. The molecule has 0 aliphatic rings. The molecule has 0 unspecified atom stereocenters. The summed E-state index contributed by atoms with van der Waals surface area (Å²) in [4.78, 5) is 24.1. The van der Waals surface area contributed by atoms with E-state index in [1.165, 1.54) is 25.3 Å². The number of nitrogens with one attached hydrogen (secondary N) is 1. The second-order valence-electron chi connectivity index (χ2n) is 6.54. The predicted molar refractivity (Wildman–Crippen MR) is 111 cm³/mol. The molecule has 7 nitrogen and oxygen atoms in total. The highest BCUT2D eigenvalue weighted by Crippen LogP contribution is 2.41. The number of ether oxygens (including phenoxy) is 2. The number of phenolic OH excluding ortho intramolecular Hbond substituents is 1. The molecular formula is C22H21NO6. The van der Waals surface area contributed by atoms with E-state index in [0.717, 1.165) is 0 Å². The van der Waals surface area contributed by atoms with Gasteiger partial charge in [-0.2, -0.15) is 0 Å². The molecule has 1 aromatic heterocycles. The molecule has 0 atom stereocenters. The van der Waals surface area contributed by atoms with Crippen molar-refractivity contribution >= 4 is 22.6 Å². The first kappa shape index (κ1) is 20.0. The fraction of sp³-hybridized carbons (Fsp3) is 0.182. The number of anilines is 1. The van der Waals surface area contributed by atoms with Crippen molar-refractivity contribution in [2.75, 3.05) is 12.4 Å². The average Bonchev–Trinajstić information content (AvgIpc) is 2.69. The van der Waals surface area contributed by atoms with E-state index in [1.54, 1.807) is 24.3 Å². The molecule has 150 valence electrons. The molecule has 0 fully saturated rings. The molecule has 0 bridgehead atoms. The minimum atomic E-state index is -0.418. The molecule has 2 N–H and O–H groups in total. The van der Waals surface area contributed by atoms with Gasteiger partial charge in [0.05, 0.1) is 13.2 Å². The van der Waals surface area contributed by atoms with E-state index in [4.69, 9.17) is 13.9 Å². The molecule has 1 amide bonds. The van der Waals surface area contributed by atoms with Crippen molar-refractivity contribution < 1.29 is 23.8 Å². The number of carbonyl (C=O) groups excluding carboxylic acids is 1. The summed E-state index contributed by atoms with van der Waals surface area (Å²) >= 11 is 0. The number of benzene rings is 2. The summed E-state index contributed by atoms with van der Waals surface area (Å²) in [6.07, 6.45) is 0.963. The van der Waals surface area contributed by atoms with Gasteiger partial charge in [-0.25, -0.2) is 0 Å². The lowest BCUT2D eigenvalue weighted by Gasteiger charge is -2.16. The number of hydrogen-bond donors (Lipinski definition) is 2. The van der Waals surface area contributed by atoms with Gasteiger partial charge in [0.15, 0.2) is 16.8 Å². The molecule has 0 saturated heterocycles. The van der Waals surface area contributed by atoms with Gasteiger partial charge in [0.2, 0.25) is 11.7 Å². The van der Waals surface area contributed by atoms with Crippen LogP contribution in [0.1, 0.15) is 13.8 Å². The van der Waals surface area contributed by atoms with E-state index in [-0.39, 0.29) is 46.0 Å². The molecule has 3 rings (SSSR count). The van der Waals surface area contributed by atoms with Crippen molar-refractivity contribution in [2.24, 2.45) is 0 Å². The molecule has 29 heavy (non-hydrogen) atoms. The van der Waals surface area contributed by atoms with Crippen molar-refractivity contribution in [1.29, 1.82) is 0 Å². The van der Waals surface area contributed by atoms with Gasteiger partial charge in [0.1, 0.15) is 16.9 Å². The average molecular weight is 395 g/mol. The highest BCUT2D eigenvalue weighted by Gasteiger charge is 2.21. The first-order chi connectivity index (χ1) is 13.8. The first-order valence-corrected chi connectivity index (χ1v) is 8.92. The number of fused-ring (bicyclic) bond motifs is 1. The summed E-state index contributed by atoms with van der Waals surface area (Å²) in [6.45, 7) is 7.07. The predicted octanol–water partition coefficient (Wildman–Crippen LogP) is 4.09. The van der Waals surface area contributed by atoms with E-state index in [2.05, 4.69) is 11.9 Å². The third-order valence-corrected chi connectivity index (χ3v) is 4.10. The SMILES string of the molecule is C=CC(=O)Nc1ccc(-c2cc(=O)c3c(O)cc(OC)c(OC(C)C)c3o2)cc1. The topological polar surface area (TPSA) is 98.0 Å². The van der Waals surface area contributed by atoms with E-state index < -0.39 is 5.43 Å². The summed E-state index contributed by atoms with van der Waals surface area (Å²) in [5, 5.41) is 12.9. The zero-order chi connectivity index (χ0) is 21.1. The smallest absolute Gasteiger partial charge is 0.247 e. The molecule has 3 aromatic rings. The highest BCUT2D eigenvalue weighted by atomic mass is 16.5. The molecule has 0 spiro atoms. The van der Waals surface area contributed by atoms with Crippen molar-refractivity contribution in [3.8, 4) is 28.6 Å². The molecular weight excluding hydrogens is 374 g/mol. The number of rotatable bonds is 6. The highest BCUT2D eigenvalue weighted by molar-refractivity contribution is 5.99. The van der Waals surface area contributed by atoms with Crippen LogP contribution >= 0.6 is 0 Å². The van der Waals surface area contributed by atoms with Gasteiger partial charge in [-0.15, -0.1) is 0 Å².